The van der Waals surface area contributed by atoms with Crippen molar-refractivity contribution in [1.82, 2.24) is 15.0 Å². The second-order valence-corrected chi connectivity index (χ2v) is 4.79. The highest BCUT2D eigenvalue weighted by molar-refractivity contribution is 6.28. The molecule has 0 bridgehead atoms. The van der Waals surface area contributed by atoms with Gasteiger partial charge in [0.15, 0.2) is 0 Å². The average Bonchev–Trinajstić information content (AvgIpc) is 2.38. The van der Waals surface area contributed by atoms with E-state index in [1.165, 1.54) is 0 Å². The van der Waals surface area contributed by atoms with Crippen LogP contribution in [-0.2, 0) is 0 Å². The molecule has 0 saturated carbocycles. The van der Waals surface area contributed by atoms with E-state index in [0.717, 1.165) is 45.3 Å². The van der Waals surface area contributed by atoms with Crippen LogP contribution in [0.25, 0.3) is 0 Å². The lowest BCUT2D eigenvalue weighted by atomic mass is 10.3. The Balaban J connectivity index is 2.85. The summed E-state index contributed by atoms with van der Waals surface area (Å²) in [6, 6.07) is 0. The van der Waals surface area contributed by atoms with Crippen LogP contribution in [-0.4, -0.2) is 34.6 Å². The third-order valence-corrected chi connectivity index (χ3v) is 2.95. The van der Waals surface area contributed by atoms with E-state index >= 15 is 0 Å². The topological polar surface area (TPSA) is 53.9 Å². The molecule has 0 fully saturated rings. The van der Waals surface area contributed by atoms with Crippen LogP contribution in [0.4, 0.5) is 11.9 Å². The average molecular weight is 286 g/mol. The van der Waals surface area contributed by atoms with Gasteiger partial charge in [0.2, 0.25) is 17.2 Å². The van der Waals surface area contributed by atoms with Crippen molar-refractivity contribution in [3.05, 3.63) is 5.28 Å². The summed E-state index contributed by atoms with van der Waals surface area (Å²) in [5.41, 5.74) is 0. The molecule has 5 nitrogen and oxygen atoms in total. The van der Waals surface area contributed by atoms with E-state index < -0.39 is 0 Å². The first-order valence-corrected chi connectivity index (χ1v) is 7.49. The van der Waals surface area contributed by atoms with Gasteiger partial charge in [-0.3, -0.25) is 0 Å². The second kappa shape index (κ2) is 8.91. The molecule has 0 aliphatic heterocycles. The van der Waals surface area contributed by atoms with Crippen molar-refractivity contribution >= 4 is 23.5 Å². The van der Waals surface area contributed by atoms with Crippen molar-refractivity contribution in [2.75, 3.05) is 29.9 Å². The molecule has 0 aromatic carbocycles. The van der Waals surface area contributed by atoms with Crippen LogP contribution < -0.4 is 10.2 Å². The van der Waals surface area contributed by atoms with Crippen molar-refractivity contribution in [2.24, 2.45) is 0 Å². The largest absolute Gasteiger partial charge is 0.354 e. The highest BCUT2D eigenvalue weighted by Gasteiger charge is 2.12. The minimum Gasteiger partial charge on any atom is -0.354 e. The molecular formula is C13H24ClN5. The highest BCUT2D eigenvalue weighted by Crippen LogP contribution is 2.15. The molecule has 1 rings (SSSR count). The molecule has 0 atom stereocenters. The molecule has 0 spiro atoms. The number of hydrogen-bond donors (Lipinski definition) is 1. The molecular weight excluding hydrogens is 262 g/mol. The summed E-state index contributed by atoms with van der Waals surface area (Å²) >= 11 is 5.97. The predicted molar refractivity (Wildman–Crippen MR) is 81.0 cm³/mol. The van der Waals surface area contributed by atoms with Crippen molar-refractivity contribution in [3.8, 4) is 0 Å². The Morgan fingerprint density at radius 2 is 1.63 bits per heavy atom. The summed E-state index contributed by atoms with van der Waals surface area (Å²) < 4.78 is 0. The zero-order valence-electron chi connectivity index (χ0n) is 12.1. The first kappa shape index (κ1) is 16.0. The standard InChI is InChI=1S/C13H24ClN5/c1-4-7-9-19(10-8-5-2)13-17-11(14)16-12(18-13)15-6-3/h4-10H2,1-3H3,(H,15,16,17,18). The van der Waals surface area contributed by atoms with Gasteiger partial charge in [-0.25, -0.2) is 0 Å². The monoisotopic (exact) mass is 285 g/mol. The van der Waals surface area contributed by atoms with Gasteiger partial charge in [0.25, 0.3) is 0 Å². The molecule has 1 aromatic heterocycles. The third-order valence-electron chi connectivity index (χ3n) is 2.78. The summed E-state index contributed by atoms with van der Waals surface area (Å²) in [6.45, 7) is 9.06. The SMILES string of the molecule is CCCCN(CCCC)c1nc(Cl)nc(NCC)n1. The molecule has 6 heteroatoms. The van der Waals surface area contributed by atoms with Crippen molar-refractivity contribution in [2.45, 2.75) is 46.5 Å². The molecule has 0 amide bonds. The first-order chi connectivity index (χ1) is 9.21. The normalized spacial score (nSPS) is 10.5. The van der Waals surface area contributed by atoms with Gasteiger partial charge >= 0.3 is 0 Å². The van der Waals surface area contributed by atoms with Crippen LogP contribution in [0.15, 0.2) is 0 Å². The fourth-order valence-corrected chi connectivity index (χ4v) is 1.88. The van der Waals surface area contributed by atoms with Crippen LogP contribution in [0.5, 0.6) is 0 Å². The molecule has 0 aliphatic rings. The zero-order chi connectivity index (χ0) is 14.1. The van der Waals surface area contributed by atoms with Crippen LogP contribution in [0.1, 0.15) is 46.5 Å². The van der Waals surface area contributed by atoms with Crippen LogP contribution in [0, 0.1) is 0 Å². The van der Waals surface area contributed by atoms with Crippen LogP contribution >= 0.6 is 11.6 Å². The van der Waals surface area contributed by atoms with E-state index in [0.29, 0.717) is 11.9 Å². The van der Waals surface area contributed by atoms with Crippen LogP contribution in [0.2, 0.25) is 5.28 Å². The van der Waals surface area contributed by atoms with E-state index in [-0.39, 0.29) is 5.28 Å². The van der Waals surface area contributed by atoms with Crippen molar-refractivity contribution in [1.29, 1.82) is 0 Å². The number of aromatic nitrogens is 3. The van der Waals surface area contributed by atoms with Gasteiger partial charge in [-0.15, -0.1) is 0 Å². The molecule has 0 saturated heterocycles. The van der Waals surface area contributed by atoms with E-state index in [9.17, 15) is 0 Å². The third kappa shape index (κ3) is 5.59. The van der Waals surface area contributed by atoms with E-state index in [1.54, 1.807) is 0 Å². The van der Waals surface area contributed by atoms with Gasteiger partial charge in [-0.2, -0.15) is 15.0 Å². The predicted octanol–water partition coefficient (Wildman–Crippen LogP) is 3.36. The lowest BCUT2D eigenvalue weighted by Gasteiger charge is -2.22. The fraction of sp³-hybridized carbons (Fsp3) is 0.769. The molecule has 108 valence electrons. The fourth-order valence-electron chi connectivity index (χ4n) is 1.73. The molecule has 19 heavy (non-hydrogen) atoms. The molecule has 0 unspecified atom stereocenters. The maximum absolute atomic E-state index is 5.97. The van der Waals surface area contributed by atoms with Gasteiger partial charge in [0.05, 0.1) is 0 Å². The molecule has 1 N–H and O–H groups in total. The lowest BCUT2D eigenvalue weighted by Crippen LogP contribution is -2.28. The van der Waals surface area contributed by atoms with Crippen molar-refractivity contribution < 1.29 is 0 Å². The van der Waals surface area contributed by atoms with Gasteiger partial charge in [0, 0.05) is 19.6 Å². The van der Waals surface area contributed by atoms with Gasteiger partial charge < -0.3 is 10.2 Å². The van der Waals surface area contributed by atoms with E-state index in [4.69, 9.17) is 11.6 Å². The number of hydrogen-bond acceptors (Lipinski definition) is 5. The Morgan fingerprint density at radius 1 is 1.00 bits per heavy atom. The Labute approximate surface area is 120 Å². The summed E-state index contributed by atoms with van der Waals surface area (Å²) in [4.78, 5) is 15.0. The molecule has 1 heterocycles. The van der Waals surface area contributed by atoms with Gasteiger partial charge in [0.1, 0.15) is 0 Å². The Morgan fingerprint density at radius 3 is 2.16 bits per heavy atom. The van der Waals surface area contributed by atoms with Gasteiger partial charge in [-0.05, 0) is 31.4 Å². The summed E-state index contributed by atoms with van der Waals surface area (Å²) in [5.74, 6) is 1.23. The number of halogens is 1. The molecule has 0 radical (unpaired) electrons. The zero-order valence-corrected chi connectivity index (χ0v) is 12.9. The maximum atomic E-state index is 5.97. The van der Waals surface area contributed by atoms with Gasteiger partial charge in [-0.1, -0.05) is 26.7 Å². The lowest BCUT2D eigenvalue weighted by molar-refractivity contribution is 0.661. The van der Waals surface area contributed by atoms with E-state index in [2.05, 4.69) is 39.0 Å². The minimum absolute atomic E-state index is 0.249. The number of unbranched alkanes of at least 4 members (excludes halogenated alkanes) is 2. The Bertz CT molecular complexity index is 364. The summed E-state index contributed by atoms with van der Waals surface area (Å²) in [6.07, 6.45) is 4.57. The molecule has 1 aromatic rings. The number of nitrogens with one attached hydrogen (secondary N) is 1. The number of nitrogens with zero attached hydrogens (tertiary/aromatic N) is 4. The Hall–Kier alpha value is -1.10. The second-order valence-electron chi connectivity index (χ2n) is 4.45. The smallest absolute Gasteiger partial charge is 0.231 e. The van der Waals surface area contributed by atoms with Crippen LogP contribution in [0.3, 0.4) is 0 Å². The summed E-state index contributed by atoms with van der Waals surface area (Å²) in [7, 11) is 0. The maximum Gasteiger partial charge on any atom is 0.231 e. The highest BCUT2D eigenvalue weighted by atomic mass is 35.5. The number of rotatable bonds is 9. The summed E-state index contributed by atoms with van der Waals surface area (Å²) in [5, 5.41) is 3.33. The minimum atomic E-state index is 0.249. The quantitative estimate of drug-likeness (QED) is 0.754. The van der Waals surface area contributed by atoms with E-state index in [1.807, 2.05) is 6.92 Å². The molecule has 0 aliphatic carbocycles. The number of anilines is 2. The van der Waals surface area contributed by atoms with Crippen molar-refractivity contribution in [3.63, 3.8) is 0 Å². The Kier molecular flexibility index (Phi) is 7.48. The first-order valence-electron chi connectivity index (χ1n) is 7.11.